The maximum absolute atomic E-state index is 3.56. The van der Waals surface area contributed by atoms with Crippen molar-refractivity contribution >= 4 is 0 Å². The lowest BCUT2D eigenvalue weighted by atomic mass is 10.1. The van der Waals surface area contributed by atoms with Crippen LogP contribution in [-0.4, -0.2) is 37.1 Å². The zero-order chi connectivity index (χ0) is 12.6. The van der Waals surface area contributed by atoms with Gasteiger partial charge in [-0.05, 0) is 64.3 Å². The van der Waals surface area contributed by atoms with Crippen molar-refractivity contribution in [3.8, 4) is 0 Å². The Kier molecular flexibility index (Phi) is 5.69. The van der Waals surface area contributed by atoms with E-state index >= 15 is 0 Å². The van der Waals surface area contributed by atoms with Gasteiger partial charge in [-0.2, -0.15) is 0 Å². The van der Waals surface area contributed by atoms with Gasteiger partial charge in [0.25, 0.3) is 0 Å². The van der Waals surface area contributed by atoms with Crippen LogP contribution in [0, 0.1) is 0 Å². The van der Waals surface area contributed by atoms with E-state index in [2.05, 4.69) is 47.5 Å². The molecule has 0 radical (unpaired) electrons. The fourth-order valence-electron chi connectivity index (χ4n) is 2.62. The SMILES string of the molecule is CC1CCN(CCCc2ccccc2)CCCN1. The third-order valence-corrected chi connectivity index (χ3v) is 3.80. The summed E-state index contributed by atoms with van der Waals surface area (Å²) in [5, 5.41) is 3.56. The topological polar surface area (TPSA) is 15.3 Å². The summed E-state index contributed by atoms with van der Waals surface area (Å²) in [6.45, 7) is 7.24. The van der Waals surface area contributed by atoms with Gasteiger partial charge in [-0.25, -0.2) is 0 Å². The summed E-state index contributed by atoms with van der Waals surface area (Å²) in [5.74, 6) is 0. The van der Waals surface area contributed by atoms with E-state index in [1.807, 2.05) is 0 Å². The van der Waals surface area contributed by atoms with E-state index < -0.39 is 0 Å². The van der Waals surface area contributed by atoms with Gasteiger partial charge in [-0.3, -0.25) is 0 Å². The molecule has 1 saturated heterocycles. The Morgan fingerprint density at radius 2 is 2.06 bits per heavy atom. The first kappa shape index (κ1) is 13.6. The second-order valence-corrected chi connectivity index (χ2v) is 5.43. The smallest absolute Gasteiger partial charge is 0.00509 e. The highest BCUT2D eigenvalue weighted by Crippen LogP contribution is 2.06. The van der Waals surface area contributed by atoms with E-state index in [1.54, 1.807) is 0 Å². The first-order valence-corrected chi connectivity index (χ1v) is 7.34. The lowest BCUT2D eigenvalue weighted by Gasteiger charge is -2.27. The van der Waals surface area contributed by atoms with E-state index in [4.69, 9.17) is 0 Å². The molecule has 100 valence electrons. The number of hydrogen-bond donors (Lipinski definition) is 1. The number of hydrogen-bond acceptors (Lipinski definition) is 2. The summed E-state index contributed by atoms with van der Waals surface area (Å²) in [6, 6.07) is 11.5. The Morgan fingerprint density at radius 3 is 2.89 bits per heavy atom. The Balaban J connectivity index is 1.69. The fourth-order valence-corrected chi connectivity index (χ4v) is 2.62. The van der Waals surface area contributed by atoms with E-state index in [0.29, 0.717) is 6.04 Å². The third kappa shape index (κ3) is 4.79. The number of aryl methyl sites for hydroxylation is 1. The first-order valence-electron chi connectivity index (χ1n) is 7.34. The third-order valence-electron chi connectivity index (χ3n) is 3.80. The number of nitrogens with zero attached hydrogens (tertiary/aromatic N) is 1. The average Bonchev–Trinajstić information content (AvgIpc) is 2.38. The summed E-state index contributed by atoms with van der Waals surface area (Å²) in [4.78, 5) is 2.64. The van der Waals surface area contributed by atoms with Crippen LogP contribution in [0.3, 0.4) is 0 Å². The highest BCUT2D eigenvalue weighted by atomic mass is 15.1. The van der Waals surface area contributed by atoms with E-state index in [1.165, 1.54) is 57.4 Å². The lowest BCUT2D eigenvalue weighted by molar-refractivity contribution is 0.235. The molecule has 2 nitrogen and oxygen atoms in total. The van der Waals surface area contributed by atoms with Crippen LogP contribution in [0.15, 0.2) is 30.3 Å². The molecule has 18 heavy (non-hydrogen) atoms. The van der Waals surface area contributed by atoms with Crippen LogP contribution in [0.25, 0.3) is 0 Å². The highest BCUT2D eigenvalue weighted by Gasteiger charge is 2.10. The summed E-state index contributed by atoms with van der Waals surface area (Å²) in [7, 11) is 0. The van der Waals surface area contributed by atoms with Gasteiger partial charge in [0.05, 0.1) is 0 Å². The molecule has 1 aromatic rings. The minimum Gasteiger partial charge on any atom is -0.314 e. The van der Waals surface area contributed by atoms with Gasteiger partial charge in [-0.1, -0.05) is 30.3 Å². The van der Waals surface area contributed by atoms with Crippen molar-refractivity contribution < 1.29 is 0 Å². The van der Waals surface area contributed by atoms with Crippen LogP contribution >= 0.6 is 0 Å². The van der Waals surface area contributed by atoms with Crippen molar-refractivity contribution in [3.05, 3.63) is 35.9 Å². The first-order chi connectivity index (χ1) is 8.84. The van der Waals surface area contributed by atoms with Crippen molar-refractivity contribution in [1.29, 1.82) is 0 Å². The van der Waals surface area contributed by atoms with Crippen LogP contribution in [0.1, 0.15) is 31.7 Å². The summed E-state index contributed by atoms with van der Waals surface area (Å²) in [5.41, 5.74) is 1.47. The van der Waals surface area contributed by atoms with Gasteiger partial charge in [-0.15, -0.1) is 0 Å². The molecule has 2 heteroatoms. The Morgan fingerprint density at radius 1 is 1.22 bits per heavy atom. The monoisotopic (exact) mass is 246 g/mol. The number of nitrogens with one attached hydrogen (secondary N) is 1. The largest absolute Gasteiger partial charge is 0.314 e. The van der Waals surface area contributed by atoms with Gasteiger partial charge in [0, 0.05) is 6.04 Å². The Bertz CT molecular complexity index is 323. The summed E-state index contributed by atoms with van der Waals surface area (Å²) >= 11 is 0. The summed E-state index contributed by atoms with van der Waals surface area (Å²) in [6.07, 6.45) is 5.07. The highest BCUT2D eigenvalue weighted by molar-refractivity contribution is 5.14. The maximum atomic E-state index is 3.56. The molecule has 0 bridgehead atoms. The molecular formula is C16H26N2. The van der Waals surface area contributed by atoms with Crippen molar-refractivity contribution in [2.45, 2.75) is 38.6 Å². The van der Waals surface area contributed by atoms with Gasteiger partial charge < -0.3 is 10.2 Å². The van der Waals surface area contributed by atoms with Crippen LogP contribution < -0.4 is 5.32 Å². The van der Waals surface area contributed by atoms with Crippen LogP contribution in [0.4, 0.5) is 0 Å². The molecule has 0 aliphatic carbocycles. The maximum Gasteiger partial charge on any atom is 0.00509 e. The van der Waals surface area contributed by atoms with Gasteiger partial charge in [0.1, 0.15) is 0 Å². The van der Waals surface area contributed by atoms with Gasteiger partial charge in [0.15, 0.2) is 0 Å². The second kappa shape index (κ2) is 7.55. The molecule has 1 unspecified atom stereocenters. The molecule has 1 N–H and O–H groups in total. The van der Waals surface area contributed by atoms with Crippen molar-refractivity contribution in [3.63, 3.8) is 0 Å². The van der Waals surface area contributed by atoms with Crippen molar-refractivity contribution in [2.24, 2.45) is 0 Å². The molecule has 1 aliphatic heterocycles. The van der Waals surface area contributed by atoms with Gasteiger partial charge >= 0.3 is 0 Å². The summed E-state index contributed by atoms with van der Waals surface area (Å²) < 4.78 is 0. The molecule has 1 aliphatic rings. The zero-order valence-corrected chi connectivity index (χ0v) is 11.6. The molecule has 2 rings (SSSR count). The normalized spacial score (nSPS) is 22.4. The second-order valence-electron chi connectivity index (χ2n) is 5.43. The van der Waals surface area contributed by atoms with Crippen molar-refractivity contribution in [1.82, 2.24) is 10.2 Å². The number of rotatable bonds is 4. The van der Waals surface area contributed by atoms with E-state index in [0.717, 1.165) is 0 Å². The van der Waals surface area contributed by atoms with E-state index in [-0.39, 0.29) is 0 Å². The minimum atomic E-state index is 0.682. The molecular weight excluding hydrogens is 220 g/mol. The predicted octanol–water partition coefficient (Wildman–Crippen LogP) is 2.69. The Hall–Kier alpha value is -0.860. The van der Waals surface area contributed by atoms with Crippen LogP contribution in [-0.2, 0) is 6.42 Å². The zero-order valence-electron chi connectivity index (χ0n) is 11.6. The van der Waals surface area contributed by atoms with Crippen LogP contribution in [0.5, 0.6) is 0 Å². The molecule has 1 atom stereocenters. The molecule has 0 saturated carbocycles. The molecule has 1 heterocycles. The van der Waals surface area contributed by atoms with Gasteiger partial charge in [0.2, 0.25) is 0 Å². The molecule has 0 spiro atoms. The molecule has 1 aromatic carbocycles. The number of benzene rings is 1. The predicted molar refractivity (Wildman–Crippen MR) is 77.9 cm³/mol. The molecule has 0 amide bonds. The standard InChI is InChI=1S/C16H26N2/c1-15-10-14-18(13-6-11-17-15)12-5-9-16-7-3-2-4-8-16/h2-4,7-8,15,17H,5-6,9-14H2,1H3. The average molecular weight is 246 g/mol. The minimum absolute atomic E-state index is 0.682. The van der Waals surface area contributed by atoms with Crippen molar-refractivity contribution in [2.75, 3.05) is 26.2 Å². The molecule has 0 aromatic heterocycles. The Labute approximate surface area is 111 Å². The van der Waals surface area contributed by atoms with E-state index in [9.17, 15) is 0 Å². The fraction of sp³-hybridized carbons (Fsp3) is 0.625. The quantitative estimate of drug-likeness (QED) is 0.878. The molecule has 1 fully saturated rings. The van der Waals surface area contributed by atoms with Crippen LogP contribution in [0.2, 0.25) is 0 Å². The lowest BCUT2D eigenvalue weighted by Crippen LogP contribution is -2.38.